The van der Waals surface area contributed by atoms with E-state index in [1.165, 1.54) is 20.2 Å². The summed E-state index contributed by atoms with van der Waals surface area (Å²) in [7, 11) is 2.85. The van der Waals surface area contributed by atoms with Crippen LogP contribution in [0.25, 0.3) is 0 Å². The first-order chi connectivity index (χ1) is 9.61. The number of halogens is 3. The molecule has 0 heterocycles. The summed E-state index contributed by atoms with van der Waals surface area (Å²) in [6.07, 6.45) is -4.56. The minimum absolute atomic E-state index is 0.160. The molecule has 0 aromatic heterocycles. The summed E-state index contributed by atoms with van der Waals surface area (Å²) in [5.74, 6) is -1.37. The number of alkyl halides is 3. The maximum atomic E-state index is 12.6. The molecule has 0 aliphatic rings. The van der Waals surface area contributed by atoms with Crippen molar-refractivity contribution in [2.24, 2.45) is 0 Å². The number of amides is 2. The first-order valence-electron chi connectivity index (χ1n) is 6.23. The minimum Gasteiger partial charge on any atom is -0.347 e. The van der Waals surface area contributed by atoms with Gasteiger partial charge in [-0.25, -0.2) is 0 Å². The molecule has 1 aromatic carbocycles. The zero-order valence-corrected chi connectivity index (χ0v) is 12.1. The molecule has 0 aliphatic heterocycles. The van der Waals surface area contributed by atoms with E-state index in [2.05, 4.69) is 0 Å². The van der Waals surface area contributed by atoms with E-state index in [0.29, 0.717) is 10.5 Å². The van der Waals surface area contributed by atoms with Gasteiger partial charge in [-0.15, -0.1) is 0 Å². The fourth-order valence-electron chi connectivity index (χ4n) is 1.70. The Morgan fingerprint density at radius 3 is 2.19 bits per heavy atom. The molecule has 4 nitrogen and oxygen atoms in total. The molecule has 0 unspecified atom stereocenters. The van der Waals surface area contributed by atoms with E-state index in [9.17, 15) is 22.8 Å². The third-order valence-corrected chi connectivity index (χ3v) is 2.86. The van der Waals surface area contributed by atoms with Crippen molar-refractivity contribution in [3.63, 3.8) is 0 Å². The molecule has 0 saturated carbocycles. The second-order valence-electron chi connectivity index (χ2n) is 4.88. The third-order valence-electron chi connectivity index (χ3n) is 2.86. The van der Waals surface area contributed by atoms with E-state index in [0.717, 1.165) is 4.90 Å². The fourth-order valence-corrected chi connectivity index (χ4v) is 1.70. The summed E-state index contributed by atoms with van der Waals surface area (Å²) in [6.45, 7) is -0.438. The predicted molar refractivity (Wildman–Crippen MR) is 71.8 cm³/mol. The second kappa shape index (κ2) is 6.60. The van der Waals surface area contributed by atoms with Crippen LogP contribution >= 0.6 is 0 Å². The maximum absolute atomic E-state index is 12.6. The van der Waals surface area contributed by atoms with Gasteiger partial charge in [0.1, 0.15) is 13.1 Å². The highest BCUT2D eigenvalue weighted by atomic mass is 19.4. The molecule has 116 valence electrons. The number of carbonyl (C=O) groups is 2. The Bertz CT molecular complexity index is 527. The lowest BCUT2D eigenvalue weighted by molar-refractivity contribution is -0.146. The van der Waals surface area contributed by atoms with E-state index >= 15 is 0 Å². The highest BCUT2D eigenvalue weighted by Gasteiger charge is 2.34. The molecule has 0 fully saturated rings. The standard InChI is InChI=1S/C14H17F3N2O2/c1-10-6-4-5-7-11(10)13(21)19(9-14(15,16)17)8-12(20)18(2)3/h4-7H,8-9H2,1-3H3. The average Bonchev–Trinajstić information content (AvgIpc) is 2.36. The number of aryl methyl sites for hydroxylation is 1. The molecule has 0 aliphatic carbocycles. The summed E-state index contributed by atoms with van der Waals surface area (Å²) in [5.41, 5.74) is 0.722. The predicted octanol–water partition coefficient (Wildman–Crippen LogP) is 2.09. The van der Waals surface area contributed by atoms with Crippen LogP contribution in [0.5, 0.6) is 0 Å². The highest BCUT2D eigenvalue weighted by Crippen LogP contribution is 2.19. The first-order valence-corrected chi connectivity index (χ1v) is 6.23. The fraction of sp³-hybridized carbons (Fsp3) is 0.429. The Labute approximate surface area is 121 Å². The molecule has 0 radical (unpaired) electrons. The SMILES string of the molecule is Cc1ccccc1C(=O)N(CC(=O)N(C)C)CC(F)(F)F. The molecule has 0 atom stereocenters. The van der Waals surface area contributed by atoms with E-state index in [-0.39, 0.29) is 5.56 Å². The maximum Gasteiger partial charge on any atom is 0.406 e. The number of hydrogen-bond acceptors (Lipinski definition) is 2. The molecule has 0 saturated heterocycles. The van der Waals surface area contributed by atoms with Crippen molar-refractivity contribution in [2.75, 3.05) is 27.2 Å². The monoisotopic (exact) mass is 302 g/mol. The Morgan fingerprint density at radius 2 is 1.71 bits per heavy atom. The van der Waals surface area contributed by atoms with Crippen molar-refractivity contribution in [1.82, 2.24) is 9.80 Å². The molecule has 0 bridgehead atoms. The normalized spacial score (nSPS) is 11.1. The van der Waals surface area contributed by atoms with Gasteiger partial charge < -0.3 is 9.80 Å². The topological polar surface area (TPSA) is 40.6 Å². The van der Waals surface area contributed by atoms with Gasteiger partial charge in [-0.2, -0.15) is 13.2 Å². The van der Waals surface area contributed by atoms with Crippen molar-refractivity contribution >= 4 is 11.8 Å². The lowest BCUT2D eigenvalue weighted by atomic mass is 10.1. The van der Waals surface area contributed by atoms with Crippen LogP contribution in [-0.4, -0.2) is 55.0 Å². The molecular formula is C14H17F3N2O2. The van der Waals surface area contributed by atoms with Crippen molar-refractivity contribution < 1.29 is 22.8 Å². The lowest BCUT2D eigenvalue weighted by Crippen LogP contribution is -2.45. The van der Waals surface area contributed by atoms with Gasteiger partial charge in [-0.3, -0.25) is 9.59 Å². The van der Waals surface area contributed by atoms with Gasteiger partial charge in [0.15, 0.2) is 0 Å². The summed E-state index contributed by atoms with van der Waals surface area (Å²) in [4.78, 5) is 25.5. The zero-order valence-electron chi connectivity index (χ0n) is 12.1. The smallest absolute Gasteiger partial charge is 0.347 e. The van der Waals surface area contributed by atoms with E-state index < -0.39 is 31.1 Å². The van der Waals surface area contributed by atoms with Crippen LogP contribution in [0.3, 0.4) is 0 Å². The molecule has 21 heavy (non-hydrogen) atoms. The molecule has 7 heteroatoms. The number of carbonyl (C=O) groups excluding carboxylic acids is 2. The first kappa shape index (κ1) is 17.0. The average molecular weight is 302 g/mol. The lowest BCUT2D eigenvalue weighted by Gasteiger charge is -2.25. The summed E-state index contributed by atoms with van der Waals surface area (Å²) in [5, 5.41) is 0. The van der Waals surface area contributed by atoms with Crippen LogP contribution in [0.4, 0.5) is 13.2 Å². The Kier molecular flexibility index (Phi) is 5.34. The number of hydrogen-bond donors (Lipinski definition) is 0. The third kappa shape index (κ3) is 5.09. The van der Waals surface area contributed by atoms with Gasteiger partial charge in [-0.1, -0.05) is 18.2 Å². The van der Waals surface area contributed by atoms with Crippen LogP contribution in [0.1, 0.15) is 15.9 Å². The van der Waals surface area contributed by atoms with Crippen LogP contribution in [0, 0.1) is 6.92 Å². The van der Waals surface area contributed by atoms with Crippen LogP contribution in [-0.2, 0) is 4.79 Å². The van der Waals surface area contributed by atoms with E-state index in [1.807, 2.05) is 0 Å². The Morgan fingerprint density at radius 1 is 1.14 bits per heavy atom. The minimum atomic E-state index is -4.56. The molecule has 1 rings (SSSR count). The number of rotatable bonds is 4. The van der Waals surface area contributed by atoms with Crippen molar-refractivity contribution in [2.45, 2.75) is 13.1 Å². The van der Waals surface area contributed by atoms with Gasteiger partial charge in [0.2, 0.25) is 5.91 Å². The molecule has 2 amide bonds. The molecule has 0 spiro atoms. The van der Waals surface area contributed by atoms with Crippen LogP contribution in [0.15, 0.2) is 24.3 Å². The number of benzene rings is 1. The largest absolute Gasteiger partial charge is 0.406 e. The van der Waals surface area contributed by atoms with Crippen molar-refractivity contribution in [3.8, 4) is 0 Å². The number of likely N-dealkylation sites (N-methyl/N-ethyl adjacent to an activating group) is 1. The number of nitrogens with zero attached hydrogens (tertiary/aromatic N) is 2. The highest BCUT2D eigenvalue weighted by molar-refractivity contribution is 5.97. The summed E-state index contributed by atoms with van der Waals surface area (Å²) >= 11 is 0. The Hall–Kier alpha value is -2.05. The second-order valence-corrected chi connectivity index (χ2v) is 4.88. The van der Waals surface area contributed by atoms with Crippen LogP contribution < -0.4 is 0 Å². The van der Waals surface area contributed by atoms with E-state index in [1.54, 1.807) is 25.1 Å². The zero-order chi connectivity index (χ0) is 16.2. The Balaban J connectivity index is 3.03. The molecule has 1 aromatic rings. The van der Waals surface area contributed by atoms with Gasteiger partial charge in [0, 0.05) is 19.7 Å². The van der Waals surface area contributed by atoms with Gasteiger partial charge >= 0.3 is 6.18 Å². The van der Waals surface area contributed by atoms with Gasteiger partial charge in [0.05, 0.1) is 0 Å². The van der Waals surface area contributed by atoms with Gasteiger partial charge in [0.25, 0.3) is 5.91 Å². The van der Waals surface area contributed by atoms with Crippen molar-refractivity contribution in [1.29, 1.82) is 0 Å². The molecule has 0 N–H and O–H groups in total. The van der Waals surface area contributed by atoms with Crippen LogP contribution in [0.2, 0.25) is 0 Å². The summed E-state index contributed by atoms with van der Waals surface area (Å²) < 4.78 is 37.8. The summed E-state index contributed by atoms with van der Waals surface area (Å²) in [6, 6.07) is 6.33. The molecular weight excluding hydrogens is 285 g/mol. The van der Waals surface area contributed by atoms with Gasteiger partial charge in [-0.05, 0) is 18.6 Å². The quantitative estimate of drug-likeness (QED) is 0.854. The van der Waals surface area contributed by atoms with E-state index in [4.69, 9.17) is 0 Å². The van der Waals surface area contributed by atoms with Crippen molar-refractivity contribution in [3.05, 3.63) is 35.4 Å².